The Bertz CT molecular complexity index is 812. The number of hydrogen-bond acceptors (Lipinski definition) is 6. The highest BCUT2D eigenvalue weighted by molar-refractivity contribution is 7.98. The number of hydrogen-bond donors (Lipinski definition) is 0. The third-order valence-electron chi connectivity index (χ3n) is 3.36. The van der Waals surface area contributed by atoms with E-state index in [1.165, 1.54) is 11.8 Å². The SMILES string of the molecule is CC(C)Cc1nc(CSc2nnc(-c3ccc(Cl)cc3)n2C)no1. The zero-order valence-corrected chi connectivity index (χ0v) is 15.3. The summed E-state index contributed by atoms with van der Waals surface area (Å²) in [4.78, 5) is 4.40. The van der Waals surface area contributed by atoms with E-state index < -0.39 is 0 Å². The Labute approximate surface area is 149 Å². The molecule has 0 fully saturated rings. The Morgan fingerprint density at radius 1 is 1.21 bits per heavy atom. The van der Waals surface area contributed by atoms with Crippen LogP contribution in [0.2, 0.25) is 5.02 Å². The Morgan fingerprint density at radius 3 is 2.67 bits per heavy atom. The minimum absolute atomic E-state index is 0.492. The smallest absolute Gasteiger partial charge is 0.226 e. The van der Waals surface area contributed by atoms with Crippen molar-refractivity contribution < 1.29 is 4.52 Å². The standard InChI is InChI=1S/C16H18ClN5OS/c1-10(2)8-14-18-13(21-23-14)9-24-16-20-19-15(22(16)3)11-4-6-12(17)7-5-11/h4-7,10H,8-9H2,1-3H3. The van der Waals surface area contributed by atoms with Crippen LogP contribution in [-0.4, -0.2) is 24.9 Å². The Kier molecular flexibility index (Phi) is 5.20. The first-order chi connectivity index (χ1) is 11.5. The van der Waals surface area contributed by atoms with Gasteiger partial charge in [0.25, 0.3) is 0 Å². The van der Waals surface area contributed by atoms with Crippen LogP contribution in [-0.2, 0) is 19.2 Å². The summed E-state index contributed by atoms with van der Waals surface area (Å²) in [6.07, 6.45) is 0.794. The van der Waals surface area contributed by atoms with Crippen molar-refractivity contribution in [2.45, 2.75) is 31.2 Å². The average Bonchev–Trinajstić information content (AvgIpc) is 3.12. The Morgan fingerprint density at radius 2 is 1.96 bits per heavy atom. The van der Waals surface area contributed by atoms with Gasteiger partial charge in [0, 0.05) is 24.1 Å². The van der Waals surface area contributed by atoms with Crippen LogP contribution in [0.3, 0.4) is 0 Å². The molecule has 0 aliphatic rings. The van der Waals surface area contributed by atoms with Crippen LogP contribution in [0.5, 0.6) is 0 Å². The van der Waals surface area contributed by atoms with Crippen LogP contribution in [0.15, 0.2) is 33.9 Å². The van der Waals surface area contributed by atoms with E-state index in [2.05, 4.69) is 34.2 Å². The van der Waals surface area contributed by atoms with Gasteiger partial charge in [0.05, 0.1) is 5.75 Å². The summed E-state index contributed by atoms with van der Waals surface area (Å²) in [6.45, 7) is 4.24. The topological polar surface area (TPSA) is 69.6 Å². The summed E-state index contributed by atoms with van der Waals surface area (Å²) in [7, 11) is 1.94. The van der Waals surface area contributed by atoms with E-state index in [0.29, 0.717) is 28.4 Å². The maximum absolute atomic E-state index is 5.93. The Balaban J connectivity index is 1.68. The summed E-state index contributed by atoms with van der Waals surface area (Å²) in [5.74, 6) is 3.23. The molecule has 0 unspecified atom stereocenters. The van der Waals surface area contributed by atoms with E-state index in [1.807, 2.05) is 35.9 Å². The summed E-state index contributed by atoms with van der Waals surface area (Å²) >= 11 is 7.45. The molecule has 3 rings (SSSR count). The lowest BCUT2D eigenvalue weighted by atomic mass is 10.1. The first-order valence-electron chi connectivity index (χ1n) is 7.62. The molecule has 24 heavy (non-hydrogen) atoms. The number of benzene rings is 1. The normalized spacial score (nSPS) is 11.4. The molecule has 0 amide bonds. The minimum atomic E-state index is 0.492. The summed E-state index contributed by atoms with van der Waals surface area (Å²) in [5.41, 5.74) is 0.972. The number of nitrogens with zero attached hydrogens (tertiary/aromatic N) is 5. The highest BCUT2D eigenvalue weighted by atomic mass is 35.5. The summed E-state index contributed by atoms with van der Waals surface area (Å²) in [5, 5.41) is 14.0. The maximum atomic E-state index is 5.93. The number of rotatable bonds is 6. The maximum Gasteiger partial charge on any atom is 0.226 e. The fraction of sp³-hybridized carbons (Fsp3) is 0.375. The predicted molar refractivity (Wildman–Crippen MR) is 93.9 cm³/mol. The number of halogens is 1. The van der Waals surface area contributed by atoms with E-state index in [9.17, 15) is 0 Å². The second-order valence-electron chi connectivity index (χ2n) is 5.86. The lowest BCUT2D eigenvalue weighted by Crippen LogP contribution is -1.96. The van der Waals surface area contributed by atoms with Gasteiger partial charge in [-0.15, -0.1) is 10.2 Å². The zero-order chi connectivity index (χ0) is 17.1. The molecule has 3 aromatic rings. The molecule has 0 radical (unpaired) electrons. The van der Waals surface area contributed by atoms with Crippen LogP contribution in [0.25, 0.3) is 11.4 Å². The molecule has 0 N–H and O–H groups in total. The summed E-state index contributed by atoms with van der Waals surface area (Å²) < 4.78 is 7.20. The van der Waals surface area contributed by atoms with Gasteiger partial charge in [0.1, 0.15) is 0 Å². The molecule has 126 valence electrons. The molecule has 2 aromatic heterocycles. The van der Waals surface area contributed by atoms with Gasteiger partial charge in [-0.05, 0) is 30.2 Å². The van der Waals surface area contributed by atoms with Crippen LogP contribution >= 0.6 is 23.4 Å². The molecule has 0 saturated carbocycles. The third kappa shape index (κ3) is 3.96. The van der Waals surface area contributed by atoms with Gasteiger partial charge in [0.2, 0.25) is 5.89 Å². The first kappa shape index (κ1) is 17.0. The highest BCUT2D eigenvalue weighted by Crippen LogP contribution is 2.25. The van der Waals surface area contributed by atoms with Gasteiger partial charge in [-0.25, -0.2) is 0 Å². The van der Waals surface area contributed by atoms with E-state index in [1.54, 1.807) is 0 Å². The monoisotopic (exact) mass is 363 g/mol. The molecule has 6 nitrogen and oxygen atoms in total. The van der Waals surface area contributed by atoms with Crippen molar-refractivity contribution in [3.63, 3.8) is 0 Å². The molecule has 0 aliphatic carbocycles. The molecule has 0 saturated heterocycles. The Hall–Kier alpha value is -1.86. The highest BCUT2D eigenvalue weighted by Gasteiger charge is 2.13. The minimum Gasteiger partial charge on any atom is -0.339 e. The molecular formula is C16H18ClN5OS. The molecule has 1 aromatic carbocycles. The van der Waals surface area contributed by atoms with Crippen molar-refractivity contribution in [2.75, 3.05) is 0 Å². The van der Waals surface area contributed by atoms with Crippen LogP contribution in [0.1, 0.15) is 25.6 Å². The third-order valence-corrected chi connectivity index (χ3v) is 4.63. The summed E-state index contributed by atoms with van der Waals surface area (Å²) in [6, 6.07) is 7.54. The van der Waals surface area contributed by atoms with Crippen molar-refractivity contribution in [3.05, 3.63) is 41.0 Å². The van der Waals surface area contributed by atoms with Crippen molar-refractivity contribution in [1.82, 2.24) is 24.9 Å². The van der Waals surface area contributed by atoms with Gasteiger partial charge >= 0.3 is 0 Å². The van der Waals surface area contributed by atoms with Gasteiger partial charge in [-0.3, -0.25) is 0 Å². The first-order valence-corrected chi connectivity index (χ1v) is 8.99. The molecule has 2 heterocycles. The van der Waals surface area contributed by atoms with E-state index in [0.717, 1.165) is 23.0 Å². The van der Waals surface area contributed by atoms with Gasteiger partial charge < -0.3 is 9.09 Å². The molecule has 0 aliphatic heterocycles. The number of aromatic nitrogens is 5. The second-order valence-corrected chi connectivity index (χ2v) is 7.24. The van der Waals surface area contributed by atoms with Crippen LogP contribution in [0, 0.1) is 5.92 Å². The largest absolute Gasteiger partial charge is 0.339 e. The molecule has 8 heteroatoms. The van der Waals surface area contributed by atoms with Crippen LogP contribution < -0.4 is 0 Å². The van der Waals surface area contributed by atoms with Crippen molar-refractivity contribution >= 4 is 23.4 Å². The lowest BCUT2D eigenvalue weighted by Gasteiger charge is -2.03. The predicted octanol–water partition coefficient (Wildman–Crippen LogP) is 4.01. The molecule has 0 bridgehead atoms. The van der Waals surface area contributed by atoms with Crippen molar-refractivity contribution in [1.29, 1.82) is 0 Å². The second kappa shape index (κ2) is 7.36. The lowest BCUT2D eigenvalue weighted by molar-refractivity contribution is 0.360. The quantitative estimate of drug-likeness (QED) is 0.616. The zero-order valence-electron chi connectivity index (χ0n) is 13.7. The van der Waals surface area contributed by atoms with E-state index in [-0.39, 0.29) is 0 Å². The van der Waals surface area contributed by atoms with E-state index >= 15 is 0 Å². The van der Waals surface area contributed by atoms with E-state index in [4.69, 9.17) is 16.1 Å². The van der Waals surface area contributed by atoms with Gasteiger partial charge in [-0.2, -0.15) is 4.98 Å². The fourth-order valence-corrected chi connectivity index (χ4v) is 3.08. The molecule has 0 spiro atoms. The van der Waals surface area contributed by atoms with Crippen LogP contribution in [0.4, 0.5) is 0 Å². The van der Waals surface area contributed by atoms with Crippen molar-refractivity contribution in [3.8, 4) is 11.4 Å². The average molecular weight is 364 g/mol. The molecular weight excluding hydrogens is 346 g/mol. The van der Waals surface area contributed by atoms with Gasteiger partial charge in [0.15, 0.2) is 16.8 Å². The molecule has 0 atom stereocenters. The van der Waals surface area contributed by atoms with Gasteiger partial charge in [-0.1, -0.05) is 42.4 Å². The fourth-order valence-electron chi connectivity index (χ4n) is 2.20. The van der Waals surface area contributed by atoms with Crippen molar-refractivity contribution in [2.24, 2.45) is 13.0 Å². The number of thioether (sulfide) groups is 1.